The molecule has 0 spiro atoms. The van der Waals surface area contributed by atoms with Crippen LogP contribution in [0.15, 0.2) is 30.3 Å². The molecule has 3 atom stereocenters. The van der Waals surface area contributed by atoms with E-state index in [9.17, 15) is 4.79 Å². The van der Waals surface area contributed by atoms with Crippen molar-refractivity contribution in [1.82, 2.24) is 4.90 Å². The highest BCUT2D eigenvalue weighted by atomic mass is 16.5. The summed E-state index contributed by atoms with van der Waals surface area (Å²) in [5, 5.41) is 0. The van der Waals surface area contributed by atoms with Gasteiger partial charge in [0.1, 0.15) is 6.04 Å². The van der Waals surface area contributed by atoms with Crippen molar-refractivity contribution in [2.24, 2.45) is 0 Å². The lowest BCUT2D eigenvalue weighted by Crippen LogP contribution is -2.16. The molecule has 15 heavy (non-hydrogen) atoms. The van der Waals surface area contributed by atoms with Crippen molar-refractivity contribution < 1.29 is 9.53 Å². The predicted octanol–water partition coefficient (Wildman–Crippen LogP) is 1.60. The number of hydrogen-bond acceptors (Lipinski definition) is 3. The monoisotopic (exact) mass is 205 g/mol. The van der Waals surface area contributed by atoms with Crippen LogP contribution in [0, 0.1) is 0 Å². The summed E-state index contributed by atoms with van der Waals surface area (Å²) in [6.45, 7) is 2.92. The van der Waals surface area contributed by atoms with Crippen LogP contribution in [0.1, 0.15) is 18.5 Å². The first kappa shape index (κ1) is 10.2. The fourth-order valence-corrected chi connectivity index (χ4v) is 1.85. The number of nitrogens with zero attached hydrogens (tertiary/aromatic N) is 1. The standard InChI is InChI=1S/C12H15NO2/c1-9(10-6-4-3-5-7-10)13-8-11(13)12(14)15-2/h3-7,9,11H,8H2,1-2H3/t9-,11+,13?/m0/s1. The molecule has 1 aliphatic heterocycles. The largest absolute Gasteiger partial charge is 0.468 e. The van der Waals surface area contributed by atoms with Gasteiger partial charge in [-0.15, -0.1) is 0 Å². The van der Waals surface area contributed by atoms with E-state index in [0.29, 0.717) is 0 Å². The Morgan fingerprint density at radius 3 is 2.73 bits per heavy atom. The second kappa shape index (κ2) is 4.03. The van der Waals surface area contributed by atoms with Gasteiger partial charge in [0.2, 0.25) is 0 Å². The topological polar surface area (TPSA) is 29.3 Å². The van der Waals surface area contributed by atoms with E-state index in [1.54, 1.807) is 0 Å². The molecule has 0 saturated carbocycles. The molecule has 1 heterocycles. The van der Waals surface area contributed by atoms with Crippen molar-refractivity contribution in [3.8, 4) is 0 Å². The molecule has 3 nitrogen and oxygen atoms in total. The zero-order chi connectivity index (χ0) is 10.8. The van der Waals surface area contributed by atoms with E-state index in [4.69, 9.17) is 4.74 Å². The number of carbonyl (C=O) groups excluding carboxylic acids is 1. The molecule has 0 amide bonds. The van der Waals surface area contributed by atoms with E-state index in [1.807, 2.05) is 18.2 Å². The quantitative estimate of drug-likeness (QED) is 0.554. The molecule has 3 heteroatoms. The maximum Gasteiger partial charge on any atom is 0.324 e. The van der Waals surface area contributed by atoms with Gasteiger partial charge < -0.3 is 4.74 Å². The van der Waals surface area contributed by atoms with Crippen molar-refractivity contribution in [3.63, 3.8) is 0 Å². The van der Waals surface area contributed by atoms with Crippen LogP contribution >= 0.6 is 0 Å². The molecule has 80 valence electrons. The third kappa shape index (κ3) is 2.02. The van der Waals surface area contributed by atoms with Gasteiger partial charge in [-0.3, -0.25) is 9.69 Å². The van der Waals surface area contributed by atoms with Gasteiger partial charge in [-0.25, -0.2) is 0 Å². The molecule has 1 unspecified atom stereocenters. The second-order valence-corrected chi connectivity index (χ2v) is 3.82. The summed E-state index contributed by atoms with van der Waals surface area (Å²) in [5.74, 6) is -0.127. The highest BCUT2D eigenvalue weighted by molar-refractivity contribution is 5.79. The van der Waals surface area contributed by atoms with Crippen LogP contribution in [0.25, 0.3) is 0 Å². The minimum absolute atomic E-state index is 0.0368. The second-order valence-electron chi connectivity index (χ2n) is 3.82. The van der Waals surface area contributed by atoms with E-state index in [-0.39, 0.29) is 18.1 Å². The number of rotatable bonds is 3. The van der Waals surface area contributed by atoms with Crippen LogP contribution < -0.4 is 0 Å². The van der Waals surface area contributed by atoms with Gasteiger partial charge in [0, 0.05) is 12.6 Å². The Morgan fingerprint density at radius 1 is 1.47 bits per heavy atom. The smallest absolute Gasteiger partial charge is 0.324 e. The zero-order valence-corrected chi connectivity index (χ0v) is 9.01. The summed E-state index contributed by atoms with van der Waals surface area (Å²) in [7, 11) is 1.44. The van der Waals surface area contributed by atoms with Crippen molar-refractivity contribution in [2.45, 2.75) is 19.0 Å². The molecule has 1 aliphatic rings. The first-order valence-electron chi connectivity index (χ1n) is 5.12. The Hall–Kier alpha value is -1.35. The molecule has 1 fully saturated rings. The summed E-state index contributed by atoms with van der Waals surface area (Å²) in [6, 6.07) is 10.4. The van der Waals surface area contributed by atoms with Gasteiger partial charge in [0.05, 0.1) is 7.11 Å². The van der Waals surface area contributed by atoms with Crippen LogP contribution in [-0.2, 0) is 9.53 Å². The average Bonchev–Trinajstić information content (AvgIpc) is 3.08. The average molecular weight is 205 g/mol. The number of carbonyl (C=O) groups is 1. The Morgan fingerprint density at radius 2 is 2.13 bits per heavy atom. The van der Waals surface area contributed by atoms with E-state index in [2.05, 4.69) is 24.0 Å². The third-order valence-corrected chi connectivity index (χ3v) is 2.90. The summed E-state index contributed by atoms with van der Waals surface area (Å²) in [4.78, 5) is 13.4. The third-order valence-electron chi connectivity index (χ3n) is 2.90. The van der Waals surface area contributed by atoms with E-state index >= 15 is 0 Å². The summed E-state index contributed by atoms with van der Waals surface area (Å²) in [6.07, 6.45) is 0. The van der Waals surface area contributed by atoms with E-state index in [0.717, 1.165) is 6.54 Å². The van der Waals surface area contributed by atoms with Gasteiger partial charge in [-0.1, -0.05) is 30.3 Å². The first-order chi connectivity index (χ1) is 7.24. The highest BCUT2D eigenvalue weighted by Gasteiger charge is 2.44. The van der Waals surface area contributed by atoms with E-state index in [1.165, 1.54) is 12.7 Å². The first-order valence-corrected chi connectivity index (χ1v) is 5.12. The molecule has 0 bridgehead atoms. The number of benzene rings is 1. The lowest BCUT2D eigenvalue weighted by Gasteiger charge is -2.13. The number of hydrogen-bond donors (Lipinski definition) is 0. The van der Waals surface area contributed by atoms with Gasteiger partial charge in [-0.05, 0) is 12.5 Å². The van der Waals surface area contributed by atoms with Crippen LogP contribution in [-0.4, -0.2) is 30.6 Å². The maximum atomic E-state index is 11.3. The lowest BCUT2D eigenvalue weighted by atomic mass is 10.1. The molecule has 0 aliphatic carbocycles. The minimum Gasteiger partial charge on any atom is -0.468 e. The molecule has 2 rings (SSSR count). The fourth-order valence-electron chi connectivity index (χ4n) is 1.85. The zero-order valence-electron chi connectivity index (χ0n) is 9.01. The molecule has 1 aromatic rings. The molecular formula is C12H15NO2. The van der Waals surface area contributed by atoms with Crippen LogP contribution in [0.5, 0.6) is 0 Å². The number of esters is 1. The Labute approximate surface area is 89.7 Å². The van der Waals surface area contributed by atoms with Gasteiger partial charge in [0.15, 0.2) is 0 Å². The van der Waals surface area contributed by atoms with Gasteiger partial charge in [0.25, 0.3) is 0 Å². The molecule has 1 saturated heterocycles. The highest BCUT2D eigenvalue weighted by Crippen LogP contribution is 2.31. The molecule has 0 radical (unpaired) electrons. The summed E-state index contributed by atoms with van der Waals surface area (Å²) < 4.78 is 4.71. The summed E-state index contributed by atoms with van der Waals surface area (Å²) >= 11 is 0. The molecular weight excluding hydrogens is 190 g/mol. The predicted molar refractivity (Wildman–Crippen MR) is 57.4 cm³/mol. The van der Waals surface area contributed by atoms with Gasteiger partial charge >= 0.3 is 5.97 Å². The van der Waals surface area contributed by atoms with Crippen molar-refractivity contribution in [2.75, 3.05) is 13.7 Å². The number of ether oxygens (including phenoxy) is 1. The fraction of sp³-hybridized carbons (Fsp3) is 0.417. The SMILES string of the molecule is COC(=O)[C@H]1CN1[C@@H](C)c1ccccc1. The molecule has 1 aromatic carbocycles. The lowest BCUT2D eigenvalue weighted by molar-refractivity contribution is -0.141. The van der Waals surface area contributed by atoms with Crippen LogP contribution in [0.3, 0.4) is 0 Å². The maximum absolute atomic E-state index is 11.3. The number of methoxy groups -OCH3 is 1. The normalized spacial score (nSPS) is 25.7. The van der Waals surface area contributed by atoms with Gasteiger partial charge in [-0.2, -0.15) is 0 Å². The van der Waals surface area contributed by atoms with Crippen LogP contribution in [0.2, 0.25) is 0 Å². The summed E-state index contributed by atoms with van der Waals surface area (Å²) in [5.41, 5.74) is 1.24. The van der Waals surface area contributed by atoms with Crippen LogP contribution in [0.4, 0.5) is 0 Å². The molecule has 0 N–H and O–H groups in total. The Balaban J connectivity index is 2.00. The van der Waals surface area contributed by atoms with Crippen molar-refractivity contribution in [3.05, 3.63) is 35.9 Å². The Bertz CT molecular complexity index is 350. The molecule has 0 aromatic heterocycles. The Kier molecular flexibility index (Phi) is 2.73. The minimum atomic E-state index is -0.127. The van der Waals surface area contributed by atoms with Crippen molar-refractivity contribution in [1.29, 1.82) is 0 Å². The van der Waals surface area contributed by atoms with Crippen molar-refractivity contribution >= 4 is 5.97 Å². The van der Waals surface area contributed by atoms with E-state index < -0.39 is 0 Å².